The zero-order valence-electron chi connectivity index (χ0n) is 15.3. The van der Waals surface area contributed by atoms with Gasteiger partial charge in [-0.3, -0.25) is 9.89 Å². The van der Waals surface area contributed by atoms with Crippen molar-refractivity contribution in [1.82, 2.24) is 20.0 Å². The van der Waals surface area contributed by atoms with Crippen LogP contribution in [0.2, 0.25) is 0 Å². The molecule has 1 aromatic carbocycles. The van der Waals surface area contributed by atoms with Gasteiger partial charge in [-0.2, -0.15) is 5.10 Å². The number of hydrogen-bond donors (Lipinski definition) is 1. The first-order valence-corrected chi connectivity index (χ1v) is 9.84. The number of carbonyl (C=O) groups is 1. The van der Waals surface area contributed by atoms with Gasteiger partial charge in [-0.25, -0.2) is 0 Å². The lowest BCUT2D eigenvalue weighted by Gasteiger charge is -2.34. The predicted molar refractivity (Wildman–Crippen MR) is 102 cm³/mol. The Morgan fingerprint density at radius 3 is 2.58 bits per heavy atom. The highest BCUT2D eigenvalue weighted by Crippen LogP contribution is 2.32. The van der Waals surface area contributed by atoms with E-state index in [1.807, 2.05) is 4.90 Å². The van der Waals surface area contributed by atoms with Gasteiger partial charge in [0.2, 0.25) is 0 Å². The smallest absolute Gasteiger partial charge is 0.257 e. The summed E-state index contributed by atoms with van der Waals surface area (Å²) < 4.78 is 0. The Labute approximate surface area is 155 Å². The molecule has 5 heteroatoms. The molecule has 0 bridgehead atoms. The average molecular weight is 352 g/mol. The fraction of sp³-hybridized carbons (Fsp3) is 0.524. The van der Waals surface area contributed by atoms with E-state index in [1.54, 1.807) is 12.4 Å². The third-order valence-electron chi connectivity index (χ3n) is 6.11. The Bertz CT molecular complexity index is 692. The molecule has 26 heavy (non-hydrogen) atoms. The fourth-order valence-electron chi connectivity index (χ4n) is 4.51. The van der Waals surface area contributed by atoms with Gasteiger partial charge in [0, 0.05) is 32.4 Å². The molecule has 1 N–H and O–H groups in total. The highest BCUT2D eigenvalue weighted by atomic mass is 16.2. The largest absolute Gasteiger partial charge is 0.339 e. The summed E-state index contributed by atoms with van der Waals surface area (Å²) in [7, 11) is 0. The van der Waals surface area contributed by atoms with Crippen molar-refractivity contribution < 1.29 is 4.79 Å². The van der Waals surface area contributed by atoms with Gasteiger partial charge in [-0.15, -0.1) is 0 Å². The van der Waals surface area contributed by atoms with Gasteiger partial charge in [-0.1, -0.05) is 30.3 Å². The molecule has 5 nitrogen and oxygen atoms in total. The first-order valence-electron chi connectivity index (χ1n) is 9.84. The van der Waals surface area contributed by atoms with Crippen LogP contribution in [-0.4, -0.2) is 58.6 Å². The third-order valence-corrected chi connectivity index (χ3v) is 6.11. The molecule has 1 aromatic heterocycles. The molecule has 0 saturated carbocycles. The van der Waals surface area contributed by atoms with Gasteiger partial charge in [0.25, 0.3) is 5.91 Å². The standard InChI is InChI=1S/C21H28N4O/c26-21(20-14-22-23-15-20)25-12-8-18(9-13-25)19-7-11-24(16-19)10-6-17-4-2-1-3-5-17/h1-5,14-15,18-19H,6-13,16H2,(H,22,23). The maximum atomic E-state index is 12.4. The zero-order valence-corrected chi connectivity index (χ0v) is 15.3. The molecule has 2 fully saturated rings. The first-order chi connectivity index (χ1) is 12.8. The van der Waals surface area contributed by atoms with Crippen molar-refractivity contribution in [3.05, 3.63) is 53.9 Å². The molecular formula is C21H28N4O. The summed E-state index contributed by atoms with van der Waals surface area (Å²) in [5.41, 5.74) is 2.11. The van der Waals surface area contributed by atoms with Crippen LogP contribution < -0.4 is 0 Å². The molecule has 1 amide bonds. The summed E-state index contributed by atoms with van der Waals surface area (Å²) in [6.45, 7) is 5.39. The summed E-state index contributed by atoms with van der Waals surface area (Å²) in [5.74, 6) is 1.69. The Morgan fingerprint density at radius 2 is 1.85 bits per heavy atom. The van der Waals surface area contributed by atoms with E-state index in [2.05, 4.69) is 45.4 Å². The first kappa shape index (κ1) is 17.3. The molecule has 0 aliphatic carbocycles. The maximum absolute atomic E-state index is 12.4. The number of rotatable bonds is 5. The molecule has 2 aliphatic rings. The Hall–Kier alpha value is -2.14. The molecule has 1 unspecified atom stereocenters. The van der Waals surface area contributed by atoms with Gasteiger partial charge in [0.05, 0.1) is 11.8 Å². The van der Waals surface area contributed by atoms with Crippen molar-refractivity contribution in [1.29, 1.82) is 0 Å². The number of piperidine rings is 1. The molecule has 2 saturated heterocycles. The van der Waals surface area contributed by atoms with Crippen LogP contribution in [0.15, 0.2) is 42.7 Å². The second-order valence-electron chi connectivity index (χ2n) is 7.70. The van der Waals surface area contributed by atoms with Crippen LogP contribution in [0, 0.1) is 11.8 Å². The lowest BCUT2D eigenvalue weighted by atomic mass is 9.83. The van der Waals surface area contributed by atoms with Crippen molar-refractivity contribution in [2.24, 2.45) is 11.8 Å². The maximum Gasteiger partial charge on any atom is 0.257 e. The van der Waals surface area contributed by atoms with E-state index in [-0.39, 0.29) is 5.91 Å². The van der Waals surface area contributed by atoms with E-state index < -0.39 is 0 Å². The number of nitrogens with one attached hydrogen (secondary N) is 1. The number of aromatic nitrogens is 2. The molecule has 138 valence electrons. The fourth-order valence-corrected chi connectivity index (χ4v) is 4.51. The van der Waals surface area contributed by atoms with E-state index >= 15 is 0 Å². The van der Waals surface area contributed by atoms with E-state index in [9.17, 15) is 4.79 Å². The van der Waals surface area contributed by atoms with Crippen LogP contribution in [-0.2, 0) is 6.42 Å². The van der Waals surface area contributed by atoms with Crippen molar-refractivity contribution in [2.75, 3.05) is 32.7 Å². The molecule has 3 heterocycles. The molecule has 2 aliphatic heterocycles. The minimum Gasteiger partial charge on any atom is -0.339 e. The van der Waals surface area contributed by atoms with Crippen LogP contribution in [0.4, 0.5) is 0 Å². The Kier molecular flexibility index (Phi) is 5.34. The topological polar surface area (TPSA) is 52.2 Å². The quantitative estimate of drug-likeness (QED) is 0.900. The lowest BCUT2D eigenvalue weighted by Crippen LogP contribution is -2.40. The van der Waals surface area contributed by atoms with Crippen molar-refractivity contribution in [3.8, 4) is 0 Å². The van der Waals surface area contributed by atoms with Crippen LogP contribution in [0.1, 0.15) is 35.2 Å². The van der Waals surface area contributed by atoms with Crippen LogP contribution in [0.5, 0.6) is 0 Å². The normalized spacial score (nSPS) is 22.0. The lowest BCUT2D eigenvalue weighted by molar-refractivity contribution is 0.0659. The van der Waals surface area contributed by atoms with Crippen molar-refractivity contribution in [2.45, 2.75) is 25.7 Å². The molecule has 2 aromatic rings. The average Bonchev–Trinajstić information content (AvgIpc) is 3.39. The SMILES string of the molecule is O=C(c1cn[nH]c1)N1CCC(C2CCN(CCc3ccccc3)C2)CC1. The Morgan fingerprint density at radius 1 is 1.08 bits per heavy atom. The van der Waals surface area contributed by atoms with E-state index in [0.29, 0.717) is 5.56 Å². The molecule has 4 rings (SSSR count). The van der Waals surface area contributed by atoms with Gasteiger partial charge in [-0.05, 0) is 49.6 Å². The summed E-state index contributed by atoms with van der Waals surface area (Å²) in [6, 6.07) is 10.8. The van der Waals surface area contributed by atoms with E-state index in [0.717, 1.165) is 44.2 Å². The molecule has 0 radical (unpaired) electrons. The number of hydrogen-bond acceptors (Lipinski definition) is 3. The van der Waals surface area contributed by atoms with Crippen LogP contribution >= 0.6 is 0 Å². The van der Waals surface area contributed by atoms with Gasteiger partial charge < -0.3 is 9.80 Å². The molecular weight excluding hydrogens is 324 g/mol. The van der Waals surface area contributed by atoms with E-state index in [4.69, 9.17) is 0 Å². The Balaban J connectivity index is 1.22. The van der Waals surface area contributed by atoms with Gasteiger partial charge in [0.15, 0.2) is 0 Å². The zero-order chi connectivity index (χ0) is 17.8. The van der Waals surface area contributed by atoms with Crippen molar-refractivity contribution in [3.63, 3.8) is 0 Å². The number of likely N-dealkylation sites (tertiary alicyclic amines) is 2. The third kappa shape index (κ3) is 3.98. The molecule has 1 atom stereocenters. The monoisotopic (exact) mass is 352 g/mol. The highest BCUT2D eigenvalue weighted by molar-refractivity contribution is 5.93. The summed E-state index contributed by atoms with van der Waals surface area (Å²) in [5, 5.41) is 6.61. The van der Waals surface area contributed by atoms with Crippen LogP contribution in [0.3, 0.4) is 0 Å². The van der Waals surface area contributed by atoms with Crippen molar-refractivity contribution >= 4 is 5.91 Å². The predicted octanol–water partition coefficient (Wildman–Crippen LogP) is 2.83. The van der Waals surface area contributed by atoms with Gasteiger partial charge in [0.1, 0.15) is 0 Å². The summed E-state index contributed by atoms with van der Waals surface area (Å²) >= 11 is 0. The highest BCUT2D eigenvalue weighted by Gasteiger charge is 2.33. The minimum absolute atomic E-state index is 0.119. The summed E-state index contributed by atoms with van der Waals surface area (Å²) in [6.07, 6.45) is 8.05. The van der Waals surface area contributed by atoms with Gasteiger partial charge >= 0.3 is 0 Å². The number of benzene rings is 1. The minimum atomic E-state index is 0.119. The number of carbonyl (C=O) groups excluding carboxylic acids is 1. The molecule has 0 spiro atoms. The number of nitrogens with zero attached hydrogens (tertiary/aromatic N) is 3. The number of aromatic amines is 1. The number of amides is 1. The van der Waals surface area contributed by atoms with Crippen LogP contribution in [0.25, 0.3) is 0 Å². The number of H-pyrrole nitrogens is 1. The van der Waals surface area contributed by atoms with E-state index in [1.165, 1.54) is 31.6 Å². The second-order valence-corrected chi connectivity index (χ2v) is 7.70. The second kappa shape index (κ2) is 8.04. The summed E-state index contributed by atoms with van der Waals surface area (Å²) in [4.78, 5) is 17.0.